The van der Waals surface area contributed by atoms with Crippen molar-refractivity contribution in [2.75, 3.05) is 13.7 Å². The van der Waals surface area contributed by atoms with E-state index in [0.29, 0.717) is 36.4 Å². The summed E-state index contributed by atoms with van der Waals surface area (Å²) in [7, 11) is 1.52. The number of halogens is 2. The molecule has 232 valence electrons. The molecule has 2 aliphatic carbocycles. The van der Waals surface area contributed by atoms with Gasteiger partial charge in [0.25, 0.3) is 0 Å². The number of piperidine rings is 1. The van der Waals surface area contributed by atoms with Crippen LogP contribution in [0, 0.1) is 23.5 Å². The van der Waals surface area contributed by atoms with Crippen molar-refractivity contribution in [2.45, 2.75) is 88.8 Å². The van der Waals surface area contributed by atoms with Crippen molar-refractivity contribution in [2.24, 2.45) is 11.8 Å². The van der Waals surface area contributed by atoms with Crippen LogP contribution in [-0.2, 0) is 17.8 Å². The van der Waals surface area contributed by atoms with E-state index in [9.17, 15) is 9.90 Å². The molecule has 3 heterocycles. The highest BCUT2D eigenvalue weighted by molar-refractivity contribution is 5.71. The smallest absolute Gasteiger partial charge is 0.306 e. The van der Waals surface area contributed by atoms with Gasteiger partial charge in [0.1, 0.15) is 11.9 Å². The van der Waals surface area contributed by atoms with Gasteiger partial charge in [-0.3, -0.25) is 9.69 Å². The molecule has 0 bridgehead atoms. The van der Waals surface area contributed by atoms with Crippen molar-refractivity contribution < 1.29 is 28.2 Å². The third-order valence-corrected chi connectivity index (χ3v) is 10.6. The minimum atomic E-state index is -0.907. The van der Waals surface area contributed by atoms with Crippen LogP contribution >= 0.6 is 0 Å². The highest BCUT2D eigenvalue weighted by Gasteiger charge is 2.48. The zero-order chi connectivity index (χ0) is 30.6. The van der Waals surface area contributed by atoms with Gasteiger partial charge >= 0.3 is 5.97 Å². The predicted molar refractivity (Wildman–Crippen MR) is 163 cm³/mol. The van der Waals surface area contributed by atoms with Crippen molar-refractivity contribution in [1.82, 2.24) is 9.88 Å². The molecule has 7 rings (SSSR count). The number of fused-ring (bicyclic) bond motifs is 1. The Labute approximate surface area is 257 Å². The van der Waals surface area contributed by atoms with Gasteiger partial charge in [0, 0.05) is 29.6 Å². The number of aromatic nitrogens is 1. The molecule has 6 nitrogen and oxygen atoms in total. The van der Waals surface area contributed by atoms with Gasteiger partial charge in [-0.05, 0) is 91.6 Å². The standard InChI is InChI=1S/C36H40F2N2O4/c1-21(35(41)42)32(22-5-6-22)27-11-7-23-9-12-30(44-34(23)33(27)38)24-8-10-26(28-18-31(43-2)39-19-29(28)37)25(17-24)20-40-16-4-3-13-36(40)14-15-36/h7-8,10-11,17-19,21-22,30,32H,3-6,9,12-16,20H2,1-2H3,(H,41,42)/t21-,30?,32?/m0/s1. The molecule has 3 fully saturated rings. The molecule has 3 atom stereocenters. The van der Waals surface area contributed by atoms with E-state index in [-0.39, 0.29) is 29.2 Å². The highest BCUT2D eigenvalue weighted by atomic mass is 19.1. The van der Waals surface area contributed by atoms with Crippen LogP contribution in [0.2, 0.25) is 0 Å². The molecule has 0 radical (unpaired) electrons. The number of hydrogen-bond acceptors (Lipinski definition) is 5. The fourth-order valence-corrected chi connectivity index (χ4v) is 7.72. The van der Waals surface area contributed by atoms with E-state index in [1.807, 2.05) is 18.2 Å². The lowest BCUT2D eigenvalue weighted by Gasteiger charge is -2.37. The van der Waals surface area contributed by atoms with Crippen molar-refractivity contribution in [1.29, 1.82) is 0 Å². The first-order chi connectivity index (χ1) is 21.3. The molecule has 4 aliphatic rings. The Bertz CT molecular complexity index is 1580. The SMILES string of the molecule is COc1cc(-c2ccc(C3CCc4ccc(C(C5CC5)[C@H](C)C(=O)O)c(F)c4O3)cc2CN2CCCCC23CC3)c(F)cn1. The topological polar surface area (TPSA) is 71.9 Å². The van der Waals surface area contributed by atoms with E-state index in [2.05, 4.69) is 16.0 Å². The van der Waals surface area contributed by atoms with E-state index in [4.69, 9.17) is 9.47 Å². The van der Waals surface area contributed by atoms with Gasteiger partial charge in [-0.25, -0.2) is 13.8 Å². The van der Waals surface area contributed by atoms with Crippen LogP contribution in [0.4, 0.5) is 8.78 Å². The quantitative estimate of drug-likeness (QED) is 0.269. The van der Waals surface area contributed by atoms with Gasteiger partial charge in [0.15, 0.2) is 11.6 Å². The van der Waals surface area contributed by atoms with Crippen LogP contribution in [0.15, 0.2) is 42.6 Å². The van der Waals surface area contributed by atoms with Gasteiger partial charge in [0.2, 0.25) is 5.88 Å². The van der Waals surface area contributed by atoms with E-state index < -0.39 is 23.5 Å². The van der Waals surface area contributed by atoms with Crippen LogP contribution < -0.4 is 9.47 Å². The monoisotopic (exact) mass is 602 g/mol. The number of methoxy groups -OCH3 is 1. The lowest BCUT2D eigenvalue weighted by molar-refractivity contribution is -0.142. The van der Waals surface area contributed by atoms with Crippen LogP contribution in [-0.4, -0.2) is 40.2 Å². The zero-order valence-corrected chi connectivity index (χ0v) is 25.5. The van der Waals surface area contributed by atoms with Gasteiger partial charge in [0.05, 0.1) is 19.2 Å². The summed E-state index contributed by atoms with van der Waals surface area (Å²) in [6, 6.07) is 11.4. The zero-order valence-electron chi connectivity index (χ0n) is 25.5. The fourth-order valence-electron chi connectivity index (χ4n) is 7.72. The Morgan fingerprint density at radius 2 is 1.93 bits per heavy atom. The number of ether oxygens (including phenoxy) is 2. The number of aliphatic carboxylic acids is 1. The number of likely N-dealkylation sites (tertiary alicyclic amines) is 1. The lowest BCUT2D eigenvalue weighted by Crippen LogP contribution is -2.40. The second-order valence-electron chi connectivity index (χ2n) is 13.3. The molecule has 1 spiro atoms. The Kier molecular flexibility index (Phi) is 7.59. The summed E-state index contributed by atoms with van der Waals surface area (Å²) in [5, 5.41) is 9.75. The first kappa shape index (κ1) is 29.2. The summed E-state index contributed by atoms with van der Waals surface area (Å²) >= 11 is 0. The highest BCUT2D eigenvalue weighted by Crippen LogP contribution is 2.51. The summed E-state index contributed by atoms with van der Waals surface area (Å²) < 4.78 is 43.2. The maximum absolute atomic E-state index is 16.2. The average Bonchev–Trinajstić information content (AvgIpc) is 3.98. The summed E-state index contributed by atoms with van der Waals surface area (Å²) in [5.74, 6) is -2.02. The molecule has 2 saturated carbocycles. The van der Waals surface area contributed by atoms with Gasteiger partial charge in [-0.2, -0.15) is 0 Å². The van der Waals surface area contributed by atoms with Crippen molar-refractivity contribution in [3.05, 3.63) is 76.5 Å². The summed E-state index contributed by atoms with van der Waals surface area (Å²) in [6.07, 6.45) is 10.0. The number of aryl methyl sites for hydroxylation is 1. The number of nitrogens with zero attached hydrogens (tertiary/aromatic N) is 2. The van der Waals surface area contributed by atoms with Crippen molar-refractivity contribution in [3.8, 4) is 22.8 Å². The molecule has 44 heavy (non-hydrogen) atoms. The second kappa shape index (κ2) is 11.4. The third-order valence-electron chi connectivity index (χ3n) is 10.6. The number of hydrogen-bond donors (Lipinski definition) is 1. The first-order valence-corrected chi connectivity index (χ1v) is 16.1. The number of rotatable bonds is 9. The number of carboxylic acid groups (broad SMARTS) is 1. The van der Waals surface area contributed by atoms with E-state index in [1.54, 1.807) is 19.1 Å². The van der Waals surface area contributed by atoms with Gasteiger partial charge < -0.3 is 14.6 Å². The largest absolute Gasteiger partial charge is 0.482 e. The van der Waals surface area contributed by atoms with E-state index in [0.717, 1.165) is 48.1 Å². The Hall–Kier alpha value is -3.52. The third kappa shape index (κ3) is 5.35. The fraction of sp³-hybridized carbons (Fsp3) is 0.500. The molecule has 1 aromatic heterocycles. The maximum Gasteiger partial charge on any atom is 0.306 e. The van der Waals surface area contributed by atoms with Crippen LogP contribution in [0.25, 0.3) is 11.1 Å². The molecule has 2 unspecified atom stereocenters. The first-order valence-electron chi connectivity index (χ1n) is 16.1. The molecule has 8 heteroatoms. The number of benzene rings is 2. The molecule has 0 amide bonds. The van der Waals surface area contributed by atoms with Crippen molar-refractivity contribution >= 4 is 5.97 Å². The predicted octanol–water partition coefficient (Wildman–Crippen LogP) is 7.83. The second-order valence-corrected chi connectivity index (χ2v) is 13.3. The molecule has 3 aromatic rings. The minimum absolute atomic E-state index is 0.180. The molecular formula is C36H40F2N2O4. The van der Waals surface area contributed by atoms with Crippen molar-refractivity contribution in [3.63, 3.8) is 0 Å². The molecular weight excluding hydrogens is 562 g/mol. The molecule has 1 saturated heterocycles. The maximum atomic E-state index is 16.2. The molecule has 2 aliphatic heterocycles. The minimum Gasteiger partial charge on any atom is -0.482 e. The molecule has 2 aromatic carbocycles. The summed E-state index contributed by atoms with van der Waals surface area (Å²) in [6.45, 7) is 3.39. The van der Waals surface area contributed by atoms with E-state index in [1.165, 1.54) is 39.0 Å². The number of pyridine rings is 1. The Morgan fingerprint density at radius 3 is 2.66 bits per heavy atom. The van der Waals surface area contributed by atoms with Gasteiger partial charge in [-0.1, -0.05) is 43.7 Å². The molecule has 1 N–H and O–H groups in total. The Morgan fingerprint density at radius 1 is 1.11 bits per heavy atom. The van der Waals surface area contributed by atoms with E-state index >= 15 is 8.78 Å². The number of carboxylic acids is 1. The number of carbonyl (C=O) groups is 1. The summed E-state index contributed by atoms with van der Waals surface area (Å²) in [5.41, 5.74) is 4.70. The van der Waals surface area contributed by atoms with Gasteiger partial charge in [-0.15, -0.1) is 0 Å². The van der Waals surface area contributed by atoms with Crippen LogP contribution in [0.1, 0.15) is 92.6 Å². The summed E-state index contributed by atoms with van der Waals surface area (Å²) in [4.78, 5) is 18.5. The van der Waals surface area contributed by atoms with Crippen LogP contribution in [0.5, 0.6) is 11.6 Å². The normalized spacial score (nSPS) is 22.1. The lowest BCUT2D eigenvalue weighted by atomic mass is 9.82. The Balaban J connectivity index is 1.24. The van der Waals surface area contributed by atoms with Crippen LogP contribution in [0.3, 0.4) is 0 Å². The average molecular weight is 603 g/mol.